The van der Waals surface area contributed by atoms with Gasteiger partial charge < -0.3 is 10.3 Å². The van der Waals surface area contributed by atoms with Gasteiger partial charge in [0.2, 0.25) is 5.91 Å². The molecule has 6 heteroatoms. The number of hydrogen-bond acceptors (Lipinski definition) is 3. The van der Waals surface area contributed by atoms with Gasteiger partial charge in [-0.05, 0) is 17.5 Å². The highest BCUT2D eigenvalue weighted by atomic mass is 35.5. The van der Waals surface area contributed by atoms with Crippen LogP contribution < -0.4 is 5.73 Å². The van der Waals surface area contributed by atoms with E-state index < -0.39 is 22.2 Å². The summed E-state index contributed by atoms with van der Waals surface area (Å²) in [5.74, 6) is -0.740. The zero-order chi connectivity index (χ0) is 8.15. The van der Waals surface area contributed by atoms with Gasteiger partial charge >= 0.3 is 0 Å². The maximum atomic E-state index is 10.3. The van der Waals surface area contributed by atoms with Crippen LogP contribution in [0.25, 0.3) is 0 Å². The van der Waals surface area contributed by atoms with Crippen LogP contribution in [0.5, 0.6) is 0 Å². The quantitative estimate of drug-likeness (QED) is 0.466. The van der Waals surface area contributed by atoms with Gasteiger partial charge in [0.1, 0.15) is 5.25 Å². The molecule has 0 fully saturated rings. The predicted octanol–water partition coefficient (Wildman–Crippen LogP) is -0.652. The number of rotatable bonds is 4. The summed E-state index contributed by atoms with van der Waals surface area (Å²) in [7, 11) is 0. The third kappa shape index (κ3) is 3.14. The highest BCUT2D eigenvalue weighted by Crippen LogP contribution is 2.00. The number of primary amides is 1. The number of alkyl halides is 1. The van der Waals surface area contributed by atoms with Crippen LogP contribution in [0.3, 0.4) is 0 Å². The molecule has 0 saturated carbocycles. The Bertz CT molecular complexity index is 137. The van der Waals surface area contributed by atoms with E-state index in [1.807, 2.05) is 0 Å². The minimum absolute atomic E-state index is 0.0764. The van der Waals surface area contributed by atoms with Gasteiger partial charge in [-0.25, -0.2) is 0 Å². The lowest BCUT2D eigenvalue weighted by atomic mass is 10.3. The van der Waals surface area contributed by atoms with E-state index in [1.54, 1.807) is 0 Å². The van der Waals surface area contributed by atoms with Gasteiger partial charge in [0.15, 0.2) is 0 Å². The SMILES string of the molecule is NC(=O)C(CCCl)S(=O)[O-]. The van der Waals surface area contributed by atoms with Crippen molar-refractivity contribution in [3.63, 3.8) is 0 Å². The predicted molar refractivity (Wildman–Crippen MR) is 37.2 cm³/mol. The standard InChI is InChI=1S/C4H8ClNO3S/c5-2-1-3(4(6)7)10(8)9/h3H,1-2H2,(H2,6,7)(H,8,9)/p-1. The van der Waals surface area contributed by atoms with E-state index in [-0.39, 0.29) is 12.3 Å². The van der Waals surface area contributed by atoms with Crippen LogP contribution in [0, 0.1) is 0 Å². The van der Waals surface area contributed by atoms with Crippen LogP contribution in [0.1, 0.15) is 6.42 Å². The molecule has 0 aromatic carbocycles. The lowest BCUT2D eigenvalue weighted by molar-refractivity contribution is -0.117. The number of halogens is 1. The first-order valence-corrected chi connectivity index (χ1v) is 4.20. The molecule has 0 aliphatic heterocycles. The van der Waals surface area contributed by atoms with Crippen LogP contribution in [-0.4, -0.2) is 25.8 Å². The van der Waals surface area contributed by atoms with Crippen molar-refractivity contribution < 1.29 is 13.6 Å². The summed E-state index contributed by atoms with van der Waals surface area (Å²) >= 11 is 2.76. The fourth-order valence-corrected chi connectivity index (χ4v) is 1.28. The number of carbonyl (C=O) groups excluding carboxylic acids is 1. The molecule has 0 aromatic rings. The fourth-order valence-electron chi connectivity index (χ4n) is 0.432. The van der Waals surface area contributed by atoms with Crippen LogP contribution in [0.2, 0.25) is 0 Å². The molecule has 0 saturated heterocycles. The van der Waals surface area contributed by atoms with Crippen molar-refractivity contribution in [3.8, 4) is 0 Å². The second-order valence-corrected chi connectivity index (χ2v) is 3.10. The maximum Gasteiger partial charge on any atom is 0.232 e. The highest BCUT2D eigenvalue weighted by Gasteiger charge is 2.14. The van der Waals surface area contributed by atoms with Crippen LogP contribution in [0.15, 0.2) is 0 Å². The van der Waals surface area contributed by atoms with Gasteiger partial charge in [-0.15, -0.1) is 11.6 Å². The molecule has 2 unspecified atom stereocenters. The van der Waals surface area contributed by atoms with E-state index >= 15 is 0 Å². The first-order chi connectivity index (χ1) is 4.59. The molecule has 0 spiro atoms. The Morgan fingerprint density at radius 3 is 2.40 bits per heavy atom. The highest BCUT2D eigenvalue weighted by molar-refractivity contribution is 7.80. The molecule has 0 rings (SSSR count). The number of amides is 1. The lowest BCUT2D eigenvalue weighted by Crippen LogP contribution is -2.32. The Morgan fingerprint density at radius 1 is 1.80 bits per heavy atom. The summed E-state index contributed by atoms with van der Waals surface area (Å²) in [6.07, 6.45) is 0.0764. The molecular weight excluding hydrogens is 178 g/mol. The monoisotopic (exact) mass is 184 g/mol. The molecule has 60 valence electrons. The Balaban J connectivity index is 3.98. The molecular formula is C4H7ClNO3S-. The van der Waals surface area contributed by atoms with Crippen LogP contribution in [-0.2, 0) is 15.9 Å². The Labute approximate surface area is 66.0 Å². The summed E-state index contributed by atoms with van der Waals surface area (Å²) in [6.45, 7) is 0. The van der Waals surface area contributed by atoms with Gasteiger partial charge in [-0.2, -0.15) is 0 Å². The third-order valence-electron chi connectivity index (χ3n) is 0.921. The van der Waals surface area contributed by atoms with E-state index in [1.165, 1.54) is 0 Å². The van der Waals surface area contributed by atoms with Gasteiger partial charge in [-0.3, -0.25) is 9.00 Å². The first kappa shape index (κ1) is 9.87. The number of carbonyl (C=O) groups is 1. The normalized spacial score (nSPS) is 16.2. The largest absolute Gasteiger partial charge is 0.772 e. The summed E-state index contributed by atoms with van der Waals surface area (Å²) in [5, 5.41) is -1.14. The molecule has 1 amide bonds. The van der Waals surface area contributed by atoms with Gasteiger partial charge in [0.05, 0.1) is 0 Å². The topological polar surface area (TPSA) is 83.2 Å². The number of hydrogen-bond donors (Lipinski definition) is 1. The molecule has 0 aromatic heterocycles. The van der Waals surface area contributed by atoms with Crippen molar-refractivity contribution in [2.75, 3.05) is 5.88 Å². The lowest BCUT2D eigenvalue weighted by Gasteiger charge is -2.13. The van der Waals surface area contributed by atoms with Crippen molar-refractivity contribution in [1.82, 2.24) is 0 Å². The van der Waals surface area contributed by atoms with E-state index in [0.29, 0.717) is 0 Å². The average molecular weight is 185 g/mol. The number of nitrogens with two attached hydrogens (primary N) is 1. The van der Waals surface area contributed by atoms with Crippen LogP contribution >= 0.6 is 11.6 Å². The fraction of sp³-hybridized carbons (Fsp3) is 0.750. The van der Waals surface area contributed by atoms with Gasteiger partial charge in [0, 0.05) is 5.88 Å². The summed E-state index contributed by atoms with van der Waals surface area (Å²) in [6, 6.07) is 0. The molecule has 2 N–H and O–H groups in total. The smallest absolute Gasteiger partial charge is 0.232 e. The molecule has 10 heavy (non-hydrogen) atoms. The van der Waals surface area contributed by atoms with Crippen LogP contribution in [0.4, 0.5) is 0 Å². The third-order valence-corrected chi connectivity index (χ3v) is 2.07. The van der Waals surface area contributed by atoms with Gasteiger partial charge in [0.25, 0.3) is 0 Å². The second kappa shape index (κ2) is 4.65. The van der Waals surface area contributed by atoms with Crippen molar-refractivity contribution in [2.45, 2.75) is 11.7 Å². The molecule has 0 radical (unpaired) electrons. The zero-order valence-electron chi connectivity index (χ0n) is 5.08. The zero-order valence-corrected chi connectivity index (χ0v) is 6.65. The summed E-state index contributed by atoms with van der Waals surface area (Å²) < 4.78 is 20.3. The van der Waals surface area contributed by atoms with Gasteiger partial charge in [-0.1, -0.05) is 0 Å². The van der Waals surface area contributed by atoms with Crippen molar-refractivity contribution in [2.24, 2.45) is 5.73 Å². The summed E-state index contributed by atoms with van der Waals surface area (Å²) in [4.78, 5) is 10.3. The molecule has 2 atom stereocenters. The van der Waals surface area contributed by atoms with Crippen molar-refractivity contribution in [1.29, 1.82) is 0 Å². The minimum atomic E-state index is -2.44. The van der Waals surface area contributed by atoms with E-state index in [0.717, 1.165) is 0 Å². The van der Waals surface area contributed by atoms with Crippen molar-refractivity contribution in [3.05, 3.63) is 0 Å². The minimum Gasteiger partial charge on any atom is -0.772 e. The Kier molecular flexibility index (Phi) is 4.59. The van der Waals surface area contributed by atoms with E-state index in [2.05, 4.69) is 0 Å². The average Bonchev–Trinajstić information content (AvgIpc) is 1.81. The molecule has 0 aliphatic carbocycles. The second-order valence-electron chi connectivity index (χ2n) is 1.63. The van der Waals surface area contributed by atoms with Crippen molar-refractivity contribution >= 4 is 28.6 Å². The molecule has 4 nitrogen and oxygen atoms in total. The maximum absolute atomic E-state index is 10.3. The molecule has 0 aliphatic rings. The Morgan fingerprint density at radius 2 is 2.30 bits per heavy atom. The Hall–Kier alpha value is -0.130. The van der Waals surface area contributed by atoms with E-state index in [9.17, 15) is 13.6 Å². The molecule has 0 bridgehead atoms. The molecule has 0 heterocycles. The first-order valence-electron chi connectivity index (χ1n) is 2.53. The summed E-state index contributed by atoms with van der Waals surface area (Å²) in [5.41, 5.74) is 4.73. The van der Waals surface area contributed by atoms with E-state index in [4.69, 9.17) is 17.3 Å².